The zero-order valence-corrected chi connectivity index (χ0v) is 6.37. The fourth-order valence-electron chi connectivity index (χ4n) is 0. The van der Waals surface area contributed by atoms with Crippen molar-refractivity contribution in [3.8, 4) is 0 Å². The van der Waals surface area contributed by atoms with Crippen LogP contribution in [-0.2, 0) is 0.120 Å². The van der Waals surface area contributed by atoms with E-state index in [2.05, 4.69) is 0 Å². The molecule has 0 unspecified atom stereocenters. The predicted molar refractivity (Wildman–Crippen MR) is 7.81 cm³/mol. The molecule has 0 N–H and O–H groups in total. The van der Waals surface area contributed by atoms with E-state index in [1.54, 1.807) is 0 Å². The minimum atomic E-state index is -4.54. The van der Waals surface area contributed by atoms with Gasteiger partial charge in [0.2, 0.25) is 0 Å². The van der Waals surface area contributed by atoms with Crippen molar-refractivity contribution in [2.45, 2.75) is 0 Å². The average Bonchev–Trinajstić information content (AvgIpc) is 0.811. The Bertz CT molecular complexity index is 72.7. The van der Waals surface area contributed by atoms with Gasteiger partial charge in [-0.3, -0.25) is 0 Å². The van der Waals surface area contributed by atoms with Gasteiger partial charge in [-0.15, -0.1) is 0 Å². The number of rotatable bonds is 0. The Morgan fingerprint density at radius 1 is 1.00 bits per heavy atom. The van der Waals surface area contributed by atoms with Gasteiger partial charge in [-0.05, 0) is 0 Å². The third-order valence-electron chi connectivity index (χ3n) is 0. The van der Waals surface area contributed by atoms with Crippen molar-refractivity contribution in [2.75, 3.05) is 0 Å². The van der Waals surface area contributed by atoms with Crippen molar-refractivity contribution in [3.05, 3.63) is 0 Å². The molecule has 0 heterocycles. The summed E-state index contributed by atoms with van der Waals surface area (Å²) in [5, 5.41) is 0. The molecule has 0 rings (SSSR count). The quantitative estimate of drug-likeness (QED) is 0.467. The SMILES string of the molecule is [O]=[Ba](=[O])=[O]. The summed E-state index contributed by atoms with van der Waals surface area (Å²) < 4.78 is 25.9. The maximum atomic E-state index is 8.65. The molecule has 0 aromatic heterocycles. The molecule has 20 valence electrons. The van der Waals surface area contributed by atoms with Crippen LogP contribution < -0.4 is 0 Å². The van der Waals surface area contributed by atoms with Gasteiger partial charge < -0.3 is 0 Å². The van der Waals surface area contributed by atoms with Gasteiger partial charge in [0.1, 0.15) is 0 Å². The third-order valence-corrected chi connectivity index (χ3v) is 0. The molecule has 0 aliphatic rings. The predicted octanol–water partition coefficient (Wildman–Crippen LogP) is -0.737. The molecular formula is BaO3. The van der Waals surface area contributed by atoms with Gasteiger partial charge >= 0.3 is 42.5 Å². The first-order chi connectivity index (χ1) is 1.73. The van der Waals surface area contributed by atoms with Gasteiger partial charge in [0.05, 0.1) is 0 Å². The van der Waals surface area contributed by atoms with Crippen LogP contribution in [0.1, 0.15) is 0 Å². The maximum absolute atomic E-state index is 8.65. The van der Waals surface area contributed by atoms with E-state index in [1.807, 2.05) is 0 Å². The summed E-state index contributed by atoms with van der Waals surface area (Å²) in [5.74, 6) is 0. The Morgan fingerprint density at radius 2 is 1.00 bits per heavy atom. The first-order valence-corrected chi connectivity index (χ1v) is 6.30. The minimum absolute atomic E-state index is 4.54. The van der Waals surface area contributed by atoms with E-state index < -0.39 is 42.4 Å². The average molecular weight is 185 g/mol. The van der Waals surface area contributed by atoms with Crippen molar-refractivity contribution in [1.29, 1.82) is 0 Å². The Hall–Kier alpha value is 0.971. The van der Waals surface area contributed by atoms with Crippen molar-refractivity contribution < 1.29 is 0.120 Å². The molecule has 0 saturated carbocycles. The van der Waals surface area contributed by atoms with E-state index >= 15 is 0 Å². The van der Waals surface area contributed by atoms with Crippen molar-refractivity contribution in [3.63, 3.8) is 0 Å². The monoisotopic (exact) mass is 186 g/mol. The zero-order valence-electron chi connectivity index (χ0n) is 1.93. The molecule has 0 radical (unpaired) electrons. The number of hydrogen-bond acceptors (Lipinski definition) is 3. The fourth-order valence-corrected chi connectivity index (χ4v) is 0. The summed E-state index contributed by atoms with van der Waals surface area (Å²) in [7, 11) is 0. The summed E-state index contributed by atoms with van der Waals surface area (Å²) in [5.41, 5.74) is 0. The van der Waals surface area contributed by atoms with E-state index in [1.165, 1.54) is 0 Å². The van der Waals surface area contributed by atoms with Crippen molar-refractivity contribution >= 4 is 42.4 Å². The van der Waals surface area contributed by atoms with Crippen LogP contribution in [0.25, 0.3) is 0 Å². The van der Waals surface area contributed by atoms with E-state index in [0.29, 0.717) is 0 Å². The van der Waals surface area contributed by atoms with Crippen molar-refractivity contribution in [2.24, 2.45) is 0 Å². The normalized spacial score (nSPS) is 10.5. The van der Waals surface area contributed by atoms with E-state index in [9.17, 15) is 0 Å². The van der Waals surface area contributed by atoms with E-state index in [4.69, 9.17) is 0.120 Å². The molecule has 3 nitrogen and oxygen atoms in total. The first kappa shape index (κ1) is 4.97. The van der Waals surface area contributed by atoms with Crippen LogP contribution in [0.3, 0.4) is 0 Å². The van der Waals surface area contributed by atoms with Crippen LogP contribution in [-0.4, -0.2) is 42.4 Å². The van der Waals surface area contributed by atoms with Crippen LogP contribution in [0.5, 0.6) is 0 Å². The second-order valence-corrected chi connectivity index (χ2v) is 2.57. The molecule has 4 heteroatoms. The van der Waals surface area contributed by atoms with Gasteiger partial charge in [0.15, 0.2) is 0 Å². The van der Waals surface area contributed by atoms with Crippen LogP contribution >= 0.6 is 0 Å². The molecular weight excluding hydrogens is 185 g/mol. The third kappa shape index (κ3) is 12.2. The first-order valence-electron chi connectivity index (χ1n) is 0.866. The molecule has 0 amide bonds. The van der Waals surface area contributed by atoms with Gasteiger partial charge in [-0.25, -0.2) is 0 Å². The molecule has 4 heavy (non-hydrogen) atoms. The molecule has 0 spiro atoms. The zero-order chi connectivity index (χ0) is 3.58. The topological polar surface area (TPSA) is 51.2 Å². The molecule has 0 aliphatic carbocycles. The molecule has 0 aliphatic heterocycles. The fraction of sp³-hybridized carbons (Fsp3) is 0. The van der Waals surface area contributed by atoms with Crippen LogP contribution in [0.4, 0.5) is 0 Å². The summed E-state index contributed by atoms with van der Waals surface area (Å²) >= 11 is -4.54. The van der Waals surface area contributed by atoms with E-state index in [-0.39, 0.29) is 0 Å². The van der Waals surface area contributed by atoms with Crippen LogP contribution in [0.2, 0.25) is 0 Å². The van der Waals surface area contributed by atoms with Gasteiger partial charge in [0.25, 0.3) is 0 Å². The van der Waals surface area contributed by atoms with Gasteiger partial charge in [-0.1, -0.05) is 0 Å². The molecule has 0 bridgehead atoms. The second-order valence-electron chi connectivity index (χ2n) is 0.354. The second kappa shape index (κ2) is 2.22. The Balaban J connectivity index is 4.65. The summed E-state index contributed by atoms with van der Waals surface area (Å²) in [6.07, 6.45) is 0. The van der Waals surface area contributed by atoms with Gasteiger partial charge in [-0.2, -0.15) is 0 Å². The molecule has 0 aromatic rings. The number of hydrogen-bond donors (Lipinski definition) is 0. The Morgan fingerprint density at radius 3 is 1.00 bits per heavy atom. The van der Waals surface area contributed by atoms with Crippen LogP contribution in [0, 0.1) is 0 Å². The Labute approximate surface area is 41.6 Å². The van der Waals surface area contributed by atoms with Gasteiger partial charge in [0, 0.05) is 0 Å². The van der Waals surface area contributed by atoms with Crippen molar-refractivity contribution in [1.82, 2.24) is 0 Å². The summed E-state index contributed by atoms with van der Waals surface area (Å²) in [4.78, 5) is 0. The van der Waals surface area contributed by atoms with Crippen LogP contribution in [0.15, 0.2) is 0 Å². The summed E-state index contributed by atoms with van der Waals surface area (Å²) in [6, 6.07) is 0. The molecule has 0 saturated heterocycles. The molecule has 0 atom stereocenters. The molecule has 0 fully saturated rings. The standard InChI is InChI=1S/Ba.3O. The Kier molecular flexibility index (Phi) is 2.76. The summed E-state index contributed by atoms with van der Waals surface area (Å²) in [6.45, 7) is 0. The molecule has 0 aromatic carbocycles. The van der Waals surface area contributed by atoms with E-state index in [0.717, 1.165) is 0 Å².